The van der Waals surface area contributed by atoms with Crippen molar-refractivity contribution in [2.75, 3.05) is 26.2 Å². The minimum atomic E-state index is -4.07. The SMILES string of the molecule is Cc1c(CC(=O)O)cc2ccc(F)cc2c1C(=O)N1CCN(S(=O)(=O)c2ccccc2F)CC1. The number of piperazine rings is 1. The Bertz CT molecular complexity index is 1400. The lowest BCUT2D eigenvalue weighted by Crippen LogP contribution is -2.50. The van der Waals surface area contributed by atoms with E-state index in [1.54, 1.807) is 13.0 Å². The van der Waals surface area contributed by atoms with Crippen molar-refractivity contribution in [3.8, 4) is 0 Å². The highest BCUT2D eigenvalue weighted by atomic mass is 32.2. The van der Waals surface area contributed by atoms with Crippen molar-refractivity contribution in [3.63, 3.8) is 0 Å². The number of aliphatic carboxylic acids is 1. The van der Waals surface area contributed by atoms with Crippen LogP contribution in [0.4, 0.5) is 8.78 Å². The molecule has 34 heavy (non-hydrogen) atoms. The van der Waals surface area contributed by atoms with Crippen LogP contribution in [0.3, 0.4) is 0 Å². The number of fused-ring (bicyclic) bond motifs is 1. The first kappa shape index (κ1) is 23.8. The van der Waals surface area contributed by atoms with Crippen LogP contribution in [0.25, 0.3) is 10.8 Å². The quantitative estimate of drug-likeness (QED) is 0.595. The van der Waals surface area contributed by atoms with Crippen LogP contribution < -0.4 is 0 Å². The molecule has 3 aromatic rings. The first-order chi connectivity index (χ1) is 16.1. The van der Waals surface area contributed by atoms with E-state index in [0.717, 1.165) is 10.4 Å². The van der Waals surface area contributed by atoms with Crippen LogP contribution in [-0.2, 0) is 21.2 Å². The predicted octanol–water partition coefficient (Wildman–Crippen LogP) is 3.20. The van der Waals surface area contributed by atoms with E-state index in [0.29, 0.717) is 21.9 Å². The van der Waals surface area contributed by atoms with Gasteiger partial charge >= 0.3 is 5.97 Å². The van der Waals surface area contributed by atoms with E-state index in [4.69, 9.17) is 0 Å². The average Bonchev–Trinajstić information content (AvgIpc) is 2.79. The maximum absolute atomic E-state index is 14.1. The second kappa shape index (κ2) is 9.11. The second-order valence-corrected chi connectivity index (χ2v) is 10.0. The minimum Gasteiger partial charge on any atom is -0.481 e. The van der Waals surface area contributed by atoms with Crippen LogP contribution >= 0.6 is 0 Å². The molecular formula is C24H22F2N2O5S. The summed E-state index contributed by atoms with van der Waals surface area (Å²) in [7, 11) is -4.07. The Kier molecular flexibility index (Phi) is 6.37. The normalized spacial score (nSPS) is 15.0. The monoisotopic (exact) mass is 488 g/mol. The van der Waals surface area contributed by atoms with Crippen LogP contribution in [0.5, 0.6) is 0 Å². The Morgan fingerprint density at radius 1 is 1.00 bits per heavy atom. The third kappa shape index (κ3) is 4.38. The lowest BCUT2D eigenvalue weighted by atomic mass is 9.92. The number of nitrogens with zero attached hydrogens (tertiary/aromatic N) is 2. The molecule has 0 aliphatic carbocycles. The molecule has 3 aromatic carbocycles. The van der Waals surface area contributed by atoms with Crippen molar-refractivity contribution in [2.24, 2.45) is 0 Å². The summed E-state index contributed by atoms with van der Waals surface area (Å²) in [5.41, 5.74) is 1.07. The molecule has 0 unspecified atom stereocenters. The molecule has 0 saturated carbocycles. The highest BCUT2D eigenvalue weighted by Crippen LogP contribution is 2.29. The number of carbonyl (C=O) groups excluding carboxylic acids is 1. The molecule has 1 amide bonds. The van der Waals surface area contributed by atoms with E-state index < -0.39 is 38.4 Å². The van der Waals surface area contributed by atoms with Crippen molar-refractivity contribution < 1.29 is 31.9 Å². The van der Waals surface area contributed by atoms with Gasteiger partial charge in [-0.3, -0.25) is 9.59 Å². The van der Waals surface area contributed by atoms with Gasteiger partial charge in [0.1, 0.15) is 16.5 Å². The summed E-state index contributed by atoms with van der Waals surface area (Å²) in [6, 6.07) is 10.7. The number of benzene rings is 3. The van der Waals surface area contributed by atoms with E-state index in [-0.39, 0.29) is 38.2 Å². The molecule has 7 nitrogen and oxygen atoms in total. The summed E-state index contributed by atoms with van der Waals surface area (Å²) in [5.74, 6) is -2.88. The molecule has 0 aromatic heterocycles. The summed E-state index contributed by atoms with van der Waals surface area (Å²) in [5, 5.41) is 10.2. The Morgan fingerprint density at radius 2 is 1.68 bits per heavy atom. The van der Waals surface area contributed by atoms with E-state index in [2.05, 4.69) is 0 Å². The fraction of sp³-hybridized carbons (Fsp3) is 0.250. The van der Waals surface area contributed by atoms with Gasteiger partial charge in [-0.15, -0.1) is 0 Å². The molecule has 1 fully saturated rings. The third-order valence-corrected chi connectivity index (χ3v) is 7.94. The number of carboxylic acids is 1. The maximum atomic E-state index is 14.1. The van der Waals surface area contributed by atoms with Crippen LogP contribution in [-0.4, -0.2) is 60.8 Å². The number of hydrogen-bond acceptors (Lipinski definition) is 4. The van der Waals surface area contributed by atoms with Gasteiger partial charge in [0.2, 0.25) is 10.0 Å². The standard InChI is InChI=1S/C24H22F2N2O5S/c1-15-17(13-22(29)30)12-16-6-7-18(25)14-19(16)23(15)24(31)27-8-10-28(11-9-27)34(32,33)21-5-3-2-4-20(21)26/h2-7,12,14H,8-11,13H2,1H3,(H,29,30). The molecule has 0 atom stereocenters. The largest absolute Gasteiger partial charge is 0.481 e. The van der Waals surface area contributed by atoms with E-state index >= 15 is 0 Å². The van der Waals surface area contributed by atoms with Crippen LogP contribution in [0.1, 0.15) is 21.5 Å². The van der Waals surface area contributed by atoms with Crippen molar-refractivity contribution in [3.05, 3.63) is 76.9 Å². The van der Waals surface area contributed by atoms with Gasteiger partial charge in [0.25, 0.3) is 5.91 Å². The zero-order chi connectivity index (χ0) is 24.6. The first-order valence-electron chi connectivity index (χ1n) is 10.6. The number of sulfonamides is 1. The Hall–Kier alpha value is -3.37. The van der Waals surface area contributed by atoms with Crippen LogP contribution in [0, 0.1) is 18.6 Å². The van der Waals surface area contributed by atoms with Crippen molar-refractivity contribution in [1.29, 1.82) is 0 Å². The molecular weight excluding hydrogens is 466 g/mol. The van der Waals surface area contributed by atoms with Gasteiger partial charge in [0, 0.05) is 26.2 Å². The summed E-state index contributed by atoms with van der Waals surface area (Å²) in [6.07, 6.45) is -0.298. The summed E-state index contributed by atoms with van der Waals surface area (Å²) >= 11 is 0. The molecule has 178 valence electrons. The topological polar surface area (TPSA) is 95.0 Å². The van der Waals surface area contributed by atoms with Gasteiger partial charge in [0.05, 0.1) is 12.0 Å². The molecule has 1 aliphatic heterocycles. The zero-order valence-corrected chi connectivity index (χ0v) is 19.1. The zero-order valence-electron chi connectivity index (χ0n) is 18.3. The van der Waals surface area contributed by atoms with E-state index in [1.165, 1.54) is 41.3 Å². The van der Waals surface area contributed by atoms with Gasteiger partial charge in [-0.1, -0.05) is 24.3 Å². The van der Waals surface area contributed by atoms with Crippen molar-refractivity contribution >= 4 is 32.7 Å². The van der Waals surface area contributed by atoms with Gasteiger partial charge < -0.3 is 10.0 Å². The van der Waals surface area contributed by atoms with Gasteiger partial charge in [0.15, 0.2) is 0 Å². The molecule has 1 saturated heterocycles. The predicted molar refractivity (Wildman–Crippen MR) is 121 cm³/mol. The van der Waals surface area contributed by atoms with Crippen molar-refractivity contribution in [2.45, 2.75) is 18.2 Å². The van der Waals surface area contributed by atoms with Crippen LogP contribution in [0.2, 0.25) is 0 Å². The average molecular weight is 489 g/mol. The van der Waals surface area contributed by atoms with Gasteiger partial charge in [-0.2, -0.15) is 4.31 Å². The number of amides is 1. The number of rotatable bonds is 5. The molecule has 1 N–H and O–H groups in total. The third-order valence-electron chi connectivity index (χ3n) is 6.01. The number of carboxylic acid groups (broad SMARTS) is 1. The summed E-state index contributed by atoms with van der Waals surface area (Å²) in [4.78, 5) is 25.8. The smallest absolute Gasteiger partial charge is 0.307 e. The molecule has 0 spiro atoms. The van der Waals surface area contributed by atoms with E-state index in [9.17, 15) is 31.9 Å². The van der Waals surface area contributed by atoms with Gasteiger partial charge in [-0.25, -0.2) is 17.2 Å². The number of hydrogen-bond donors (Lipinski definition) is 1. The summed E-state index contributed by atoms with van der Waals surface area (Å²) in [6.45, 7) is 1.64. The molecule has 0 bridgehead atoms. The number of carbonyl (C=O) groups is 2. The Labute approximate surface area is 195 Å². The van der Waals surface area contributed by atoms with Crippen molar-refractivity contribution in [1.82, 2.24) is 9.21 Å². The number of halogens is 2. The lowest BCUT2D eigenvalue weighted by Gasteiger charge is -2.34. The fourth-order valence-electron chi connectivity index (χ4n) is 4.23. The fourth-order valence-corrected chi connectivity index (χ4v) is 5.72. The summed E-state index contributed by atoms with van der Waals surface area (Å²) < 4.78 is 54.9. The van der Waals surface area contributed by atoms with Crippen LogP contribution in [0.15, 0.2) is 53.4 Å². The molecule has 0 radical (unpaired) electrons. The minimum absolute atomic E-state index is 0.0391. The lowest BCUT2D eigenvalue weighted by molar-refractivity contribution is -0.136. The molecule has 1 heterocycles. The first-order valence-corrected chi connectivity index (χ1v) is 12.0. The molecule has 4 rings (SSSR count). The van der Waals surface area contributed by atoms with Gasteiger partial charge in [-0.05, 0) is 53.1 Å². The molecule has 1 aliphatic rings. The molecule has 10 heteroatoms. The highest BCUT2D eigenvalue weighted by molar-refractivity contribution is 7.89. The Balaban J connectivity index is 1.64. The second-order valence-electron chi connectivity index (χ2n) is 8.10. The highest BCUT2D eigenvalue weighted by Gasteiger charge is 2.33. The Morgan fingerprint density at radius 3 is 2.32 bits per heavy atom. The maximum Gasteiger partial charge on any atom is 0.307 e. The van der Waals surface area contributed by atoms with E-state index in [1.807, 2.05) is 0 Å².